The Morgan fingerprint density at radius 2 is 1.96 bits per heavy atom. The van der Waals surface area contributed by atoms with Crippen molar-refractivity contribution in [2.24, 2.45) is 0 Å². The maximum atomic E-state index is 13.1. The van der Waals surface area contributed by atoms with Crippen LogP contribution in [-0.2, 0) is 14.6 Å². The molecule has 2 heterocycles. The molecule has 0 unspecified atom stereocenters. The first kappa shape index (κ1) is 17.3. The minimum Gasteiger partial charge on any atom is -0.486 e. The maximum Gasteiger partial charge on any atom is 0.219 e. The Morgan fingerprint density at radius 3 is 2.64 bits per heavy atom. The van der Waals surface area contributed by atoms with E-state index in [2.05, 4.69) is 5.32 Å². The van der Waals surface area contributed by atoms with E-state index < -0.39 is 15.1 Å². The van der Waals surface area contributed by atoms with Gasteiger partial charge in [0.15, 0.2) is 21.3 Å². The van der Waals surface area contributed by atoms with Gasteiger partial charge in [0, 0.05) is 19.0 Å². The number of ether oxygens (including phenoxy) is 2. The number of furan rings is 1. The molecule has 25 heavy (non-hydrogen) atoms. The molecule has 3 rings (SSSR count). The van der Waals surface area contributed by atoms with Crippen LogP contribution in [0.25, 0.3) is 0 Å². The van der Waals surface area contributed by atoms with Crippen LogP contribution in [-0.4, -0.2) is 34.1 Å². The minimum absolute atomic E-state index is 0.0725. The highest BCUT2D eigenvalue weighted by molar-refractivity contribution is 7.91. The molecule has 0 saturated heterocycles. The van der Waals surface area contributed by atoms with Crippen LogP contribution in [0.3, 0.4) is 0 Å². The summed E-state index contributed by atoms with van der Waals surface area (Å²) in [5, 5.41) is 1.60. The molecule has 1 amide bonds. The molecule has 8 heteroatoms. The lowest BCUT2D eigenvalue weighted by Gasteiger charge is -2.20. The van der Waals surface area contributed by atoms with Crippen LogP contribution in [0.15, 0.2) is 45.9 Å². The van der Waals surface area contributed by atoms with Crippen molar-refractivity contribution in [3.8, 4) is 11.5 Å². The SMILES string of the molecule is CCC(=O)NC[C@@H](c1ccco1)S(=O)(=O)c1ccc2c(c1)OCCO2. The van der Waals surface area contributed by atoms with Gasteiger partial charge < -0.3 is 19.2 Å². The van der Waals surface area contributed by atoms with Gasteiger partial charge >= 0.3 is 0 Å². The van der Waals surface area contributed by atoms with Gasteiger partial charge in [-0.25, -0.2) is 8.42 Å². The lowest BCUT2D eigenvalue weighted by Crippen LogP contribution is -2.31. The first-order valence-electron chi connectivity index (χ1n) is 7.96. The van der Waals surface area contributed by atoms with Gasteiger partial charge in [-0.3, -0.25) is 4.79 Å². The van der Waals surface area contributed by atoms with Gasteiger partial charge in [0.2, 0.25) is 5.91 Å². The van der Waals surface area contributed by atoms with E-state index in [0.717, 1.165) is 0 Å². The third kappa shape index (κ3) is 3.63. The Kier molecular flexibility index (Phi) is 4.98. The van der Waals surface area contributed by atoms with Gasteiger partial charge in [-0.2, -0.15) is 0 Å². The summed E-state index contributed by atoms with van der Waals surface area (Å²) in [5.41, 5.74) is 0. The second kappa shape index (κ2) is 7.18. The summed E-state index contributed by atoms with van der Waals surface area (Å²) in [7, 11) is -3.81. The molecule has 1 aliphatic heterocycles. The number of sulfone groups is 1. The van der Waals surface area contributed by atoms with E-state index in [9.17, 15) is 13.2 Å². The fraction of sp³-hybridized carbons (Fsp3) is 0.353. The number of fused-ring (bicyclic) bond motifs is 1. The molecule has 0 radical (unpaired) electrons. The van der Waals surface area contributed by atoms with E-state index in [0.29, 0.717) is 24.7 Å². The summed E-state index contributed by atoms with van der Waals surface area (Å²) in [6.07, 6.45) is 1.68. The van der Waals surface area contributed by atoms with Crippen molar-refractivity contribution in [2.75, 3.05) is 19.8 Å². The predicted octanol–water partition coefficient (Wildman–Crippen LogP) is 2.09. The average Bonchev–Trinajstić information content (AvgIpc) is 3.15. The van der Waals surface area contributed by atoms with Crippen molar-refractivity contribution in [3.63, 3.8) is 0 Å². The molecule has 0 saturated carbocycles. The second-order valence-electron chi connectivity index (χ2n) is 5.51. The fourth-order valence-corrected chi connectivity index (χ4v) is 4.13. The molecule has 1 aliphatic rings. The van der Waals surface area contributed by atoms with Gasteiger partial charge in [0.05, 0.1) is 11.2 Å². The molecule has 0 bridgehead atoms. The zero-order valence-corrected chi connectivity index (χ0v) is 14.5. The summed E-state index contributed by atoms with van der Waals surface area (Å²) < 4.78 is 42.4. The zero-order valence-electron chi connectivity index (χ0n) is 13.7. The van der Waals surface area contributed by atoms with Gasteiger partial charge in [-0.05, 0) is 24.3 Å². The molecule has 1 atom stereocenters. The van der Waals surface area contributed by atoms with E-state index in [1.807, 2.05) is 0 Å². The quantitative estimate of drug-likeness (QED) is 0.842. The average molecular weight is 365 g/mol. The van der Waals surface area contributed by atoms with Gasteiger partial charge in [0.1, 0.15) is 24.2 Å². The Balaban J connectivity index is 1.94. The molecule has 1 aromatic carbocycles. The number of benzene rings is 1. The molecule has 2 aromatic rings. The number of hydrogen-bond donors (Lipinski definition) is 1. The van der Waals surface area contributed by atoms with Crippen molar-refractivity contribution in [1.82, 2.24) is 5.32 Å². The number of rotatable bonds is 6. The highest BCUT2D eigenvalue weighted by Crippen LogP contribution is 2.36. The van der Waals surface area contributed by atoms with Crippen LogP contribution in [0.5, 0.6) is 11.5 Å². The van der Waals surface area contributed by atoms with Crippen LogP contribution >= 0.6 is 0 Å². The molecule has 134 valence electrons. The highest BCUT2D eigenvalue weighted by atomic mass is 32.2. The van der Waals surface area contributed by atoms with E-state index >= 15 is 0 Å². The Hall–Kier alpha value is -2.48. The van der Waals surface area contributed by atoms with Crippen LogP contribution in [0, 0.1) is 0 Å². The normalized spacial score (nSPS) is 14.8. The second-order valence-corrected chi connectivity index (χ2v) is 7.64. The number of carbonyl (C=O) groups excluding carboxylic acids is 1. The first-order chi connectivity index (χ1) is 12.0. The van der Waals surface area contributed by atoms with Crippen LogP contribution in [0.4, 0.5) is 0 Å². The molecule has 1 aromatic heterocycles. The van der Waals surface area contributed by atoms with E-state index in [1.54, 1.807) is 25.1 Å². The van der Waals surface area contributed by atoms with Crippen molar-refractivity contribution >= 4 is 15.7 Å². The smallest absolute Gasteiger partial charge is 0.219 e. The lowest BCUT2D eigenvalue weighted by molar-refractivity contribution is -0.120. The van der Waals surface area contributed by atoms with Gasteiger partial charge in [-0.1, -0.05) is 6.92 Å². The van der Waals surface area contributed by atoms with Crippen molar-refractivity contribution in [3.05, 3.63) is 42.4 Å². The monoisotopic (exact) mass is 365 g/mol. The summed E-state index contributed by atoms with van der Waals surface area (Å²) in [6.45, 7) is 2.42. The van der Waals surface area contributed by atoms with Crippen molar-refractivity contribution < 1.29 is 27.1 Å². The van der Waals surface area contributed by atoms with Crippen LogP contribution < -0.4 is 14.8 Å². The van der Waals surface area contributed by atoms with E-state index in [4.69, 9.17) is 13.9 Å². The Labute approximate surface area is 145 Å². The maximum absolute atomic E-state index is 13.1. The number of carbonyl (C=O) groups is 1. The Morgan fingerprint density at radius 1 is 1.20 bits per heavy atom. The number of nitrogens with one attached hydrogen (secondary N) is 1. The molecule has 1 N–H and O–H groups in total. The number of hydrogen-bond acceptors (Lipinski definition) is 6. The summed E-state index contributed by atoms with van der Waals surface area (Å²) in [5.74, 6) is 0.947. The topological polar surface area (TPSA) is 94.8 Å². The third-order valence-corrected chi connectivity index (χ3v) is 5.94. The minimum atomic E-state index is -3.81. The zero-order chi connectivity index (χ0) is 17.9. The van der Waals surface area contributed by atoms with E-state index in [-0.39, 0.29) is 29.5 Å². The third-order valence-electron chi connectivity index (χ3n) is 3.88. The fourth-order valence-electron chi connectivity index (χ4n) is 2.53. The molecular formula is C17H19NO6S. The number of amides is 1. The molecule has 0 spiro atoms. The van der Waals surface area contributed by atoms with Crippen molar-refractivity contribution in [2.45, 2.75) is 23.5 Å². The molecule has 0 fully saturated rings. The summed E-state index contributed by atoms with van der Waals surface area (Å²) in [6, 6.07) is 7.69. The van der Waals surface area contributed by atoms with Crippen LogP contribution in [0.1, 0.15) is 24.4 Å². The predicted molar refractivity (Wildman–Crippen MR) is 89.4 cm³/mol. The first-order valence-corrected chi connectivity index (χ1v) is 9.50. The van der Waals surface area contributed by atoms with Crippen molar-refractivity contribution in [1.29, 1.82) is 0 Å². The molecular weight excluding hydrogens is 346 g/mol. The summed E-state index contributed by atoms with van der Waals surface area (Å²) >= 11 is 0. The standard InChI is InChI=1S/C17H19NO6S/c1-2-17(19)18-11-16(14-4-3-7-22-14)25(20,21)12-5-6-13-15(10-12)24-9-8-23-13/h3-7,10,16H,2,8-9,11H2,1H3,(H,18,19)/t16-/m0/s1. The lowest BCUT2D eigenvalue weighted by atomic mass is 10.3. The molecule has 7 nitrogen and oxygen atoms in total. The van der Waals surface area contributed by atoms with E-state index in [1.165, 1.54) is 18.4 Å². The highest BCUT2D eigenvalue weighted by Gasteiger charge is 2.32. The van der Waals surface area contributed by atoms with Gasteiger partial charge in [-0.15, -0.1) is 0 Å². The molecule has 0 aliphatic carbocycles. The van der Waals surface area contributed by atoms with Gasteiger partial charge in [0.25, 0.3) is 0 Å². The Bertz CT molecular complexity index is 844. The van der Waals surface area contributed by atoms with Crippen LogP contribution in [0.2, 0.25) is 0 Å². The largest absolute Gasteiger partial charge is 0.486 e. The summed E-state index contributed by atoms with van der Waals surface area (Å²) in [4.78, 5) is 11.7.